The van der Waals surface area contributed by atoms with E-state index in [1.165, 1.54) is 0 Å². The van der Waals surface area contributed by atoms with Gasteiger partial charge in [0.2, 0.25) is 5.82 Å². The molecule has 2 rings (SSSR count). The average Bonchev–Trinajstić information content (AvgIpc) is 2.69. The maximum absolute atomic E-state index is 14.5. The van der Waals surface area contributed by atoms with Crippen LogP contribution in [0.1, 0.15) is 32.9 Å². The summed E-state index contributed by atoms with van der Waals surface area (Å²) in [5.41, 5.74) is -2.85. The van der Waals surface area contributed by atoms with E-state index >= 15 is 0 Å². The lowest BCUT2D eigenvalue weighted by Gasteiger charge is -2.31. The fourth-order valence-corrected chi connectivity index (χ4v) is 3.16. The van der Waals surface area contributed by atoms with Crippen LogP contribution in [0.5, 0.6) is 0 Å². The molecule has 0 unspecified atom stereocenters. The van der Waals surface area contributed by atoms with Gasteiger partial charge in [0.25, 0.3) is 5.56 Å². The zero-order chi connectivity index (χ0) is 15.8. The lowest BCUT2D eigenvalue weighted by atomic mass is 9.83. The number of rotatable bonds is 4. The van der Waals surface area contributed by atoms with Gasteiger partial charge in [0.05, 0.1) is 11.8 Å². The summed E-state index contributed by atoms with van der Waals surface area (Å²) in [5, 5.41) is 0. The van der Waals surface area contributed by atoms with Crippen molar-refractivity contribution < 1.29 is 13.5 Å². The van der Waals surface area contributed by atoms with Gasteiger partial charge in [-0.3, -0.25) is 14.3 Å². The standard InChI is InChI=1S/C13H17ClF2N2O3/c1-3-13(4-5-14)7(2)9(16)11(21-13)18-6-8(15)10(19)17-12(18)20/h6-7,9,11H,3-5H2,1-2H3,(H,17,19,20)/t7-,9-,11+,13-/m0/s1. The number of ether oxygens (including phenoxy) is 1. The Labute approximate surface area is 124 Å². The number of alkyl halides is 2. The molecule has 0 radical (unpaired) electrons. The molecule has 8 heteroatoms. The third-order valence-corrected chi connectivity index (χ3v) is 4.44. The molecule has 0 aromatic carbocycles. The Morgan fingerprint density at radius 3 is 2.76 bits per heavy atom. The topological polar surface area (TPSA) is 64.1 Å². The van der Waals surface area contributed by atoms with Crippen LogP contribution in [-0.4, -0.2) is 27.2 Å². The fraction of sp³-hybridized carbons (Fsp3) is 0.692. The second-order valence-corrected chi connectivity index (χ2v) is 5.62. The monoisotopic (exact) mass is 322 g/mol. The van der Waals surface area contributed by atoms with Gasteiger partial charge in [-0.05, 0) is 12.8 Å². The van der Waals surface area contributed by atoms with Gasteiger partial charge < -0.3 is 4.74 Å². The first kappa shape index (κ1) is 16.2. The Morgan fingerprint density at radius 2 is 2.19 bits per heavy atom. The fourth-order valence-electron chi connectivity index (χ4n) is 2.84. The number of aromatic amines is 1. The lowest BCUT2D eigenvalue weighted by Crippen LogP contribution is -2.37. The van der Waals surface area contributed by atoms with Crippen LogP contribution >= 0.6 is 11.6 Å². The second kappa shape index (κ2) is 5.88. The van der Waals surface area contributed by atoms with Crippen LogP contribution in [0.3, 0.4) is 0 Å². The predicted molar refractivity (Wildman–Crippen MR) is 73.8 cm³/mol. The van der Waals surface area contributed by atoms with E-state index in [2.05, 4.69) is 0 Å². The highest BCUT2D eigenvalue weighted by Crippen LogP contribution is 2.46. The van der Waals surface area contributed by atoms with Gasteiger partial charge >= 0.3 is 5.69 Å². The molecular formula is C13H17ClF2N2O3. The minimum atomic E-state index is -1.50. The van der Waals surface area contributed by atoms with Gasteiger partial charge in [0.15, 0.2) is 12.4 Å². The van der Waals surface area contributed by atoms with Gasteiger partial charge in [-0.15, -0.1) is 11.6 Å². The van der Waals surface area contributed by atoms with E-state index in [4.69, 9.17) is 16.3 Å². The molecule has 0 bridgehead atoms. The van der Waals surface area contributed by atoms with E-state index in [-0.39, 0.29) is 5.88 Å². The molecule has 1 N–H and O–H groups in total. The maximum Gasteiger partial charge on any atom is 0.330 e. The van der Waals surface area contributed by atoms with Crippen LogP contribution < -0.4 is 11.2 Å². The molecule has 1 aromatic heterocycles. The van der Waals surface area contributed by atoms with Gasteiger partial charge in [0, 0.05) is 11.8 Å². The molecule has 1 aliphatic rings. The van der Waals surface area contributed by atoms with E-state index in [0.717, 1.165) is 4.57 Å². The second-order valence-electron chi connectivity index (χ2n) is 5.24. The molecule has 21 heavy (non-hydrogen) atoms. The van der Waals surface area contributed by atoms with Crippen molar-refractivity contribution in [3.63, 3.8) is 0 Å². The van der Waals surface area contributed by atoms with E-state index in [1.807, 2.05) is 6.92 Å². The Bertz CT molecular complexity index is 633. The van der Waals surface area contributed by atoms with Crippen molar-refractivity contribution in [1.82, 2.24) is 9.55 Å². The molecule has 0 aliphatic carbocycles. The van der Waals surface area contributed by atoms with Crippen molar-refractivity contribution in [2.45, 2.75) is 44.7 Å². The summed E-state index contributed by atoms with van der Waals surface area (Å²) in [6.07, 6.45) is -1.17. The number of nitrogens with one attached hydrogen (secondary N) is 1. The molecule has 1 aliphatic heterocycles. The molecule has 0 saturated carbocycles. The van der Waals surface area contributed by atoms with E-state index in [0.29, 0.717) is 19.0 Å². The smallest absolute Gasteiger partial charge is 0.330 e. The molecular weight excluding hydrogens is 306 g/mol. The SMILES string of the molecule is CC[C@@]1(CCCl)O[C@@H](n2cc(F)c(=O)[nH]c2=O)[C@@H](F)[C@@H]1C. The van der Waals surface area contributed by atoms with Crippen molar-refractivity contribution in [3.05, 3.63) is 32.9 Å². The highest BCUT2D eigenvalue weighted by atomic mass is 35.5. The zero-order valence-electron chi connectivity index (χ0n) is 11.7. The normalized spacial score (nSPS) is 32.5. The van der Waals surface area contributed by atoms with Gasteiger partial charge in [-0.2, -0.15) is 4.39 Å². The molecule has 1 saturated heterocycles. The number of aromatic nitrogens is 2. The predicted octanol–water partition coefficient (Wildman–Crippen LogP) is 1.96. The molecule has 0 spiro atoms. The van der Waals surface area contributed by atoms with Crippen molar-refractivity contribution >= 4 is 11.6 Å². The van der Waals surface area contributed by atoms with Crippen molar-refractivity contribution in [1.29, 1.82) is 0 Å². The minimum absolute atomic E-state index is 0.284. The summed E-state index contributed by atoms with van der Waals surface area (Å²) >= 11 is 5.76. The van der Waals surface area contributed by atoms with Crippen LogP contribution in [0.2, 0.25) is 0 Å². The summed E-state index contributed by atoms with van der Waals surface area (Å²) in [4.78, 5) is 24.6. The first-order chi connectivity index (χ1) is 9.86. The molecule has 2 heterocycles. The van der Waals surface area contributed by atoms with Gasteiger partial charge in [-0.1, -0.05) is 13.8 Å². The van der Waals surface area contributed by atoms with E-state index in [1.54, 1.807) is 11.9 Å². The number of halogens is 3. The van der Waals surface area contributed by atoms with Gasteiger partial charge in [-0.25, -0.2) is 9.18 Å². The summed E-state index contributed by atoms with van der Waals surface area (Å²) in [7, 11) is 0. The largest absolute Gasteiger partial charge is 0.348 e. The third-order valence-electron chi connectivity index (χ3n) is 4.25. The Morgan fingerprint density at radius 1 is 1.52 bits per heavy atom. The Hall–Kier alpha value is -1.21. The first-order valence-corrected chi connectivity index (χ1v) is 7.28. The third kappa shape index (κ3) is 2.64. The highest BCUT2D eigenvalue weighted by molar-refractivity contribution is 6.17. The van der Waals surface area contributed by atoms with Gasteiger partial charge in [0.1, 0.15) is 0 Å². The molecule has 4 atom stereocenters. The lowest BCUT2D eigenvalue weighted by molar-refractivity contribution is -0.0934. The molecule has 5 nitrogen and oxygen atoms in total. The Kier molecular flexibility index (Phi) is 4.53. The summed E-state index contributed by atoms with van der Waals surface area (Å²) < 4.78 is 34.4. The summed E-state index contributed by atoms with van der Waals surface area (Å²) in [6.45, 7) is 3.52. The number of H-pyrrole nitrogens is 1. The number of hydrogen-bond donors (Lipinski definition) is 1. The number of nitrogens with zero attached hydrogens (tertiary/aromatic N) is 1. The molecule has 1 fully saturated rings. The Balaban J connectivity index is 2.45. The minimum Gasteiger partial charge on any atom is -0.348 e. The van der Waals surface area contributed by atoms with Crippen LogP contribution in [0.25, 0.3) is 0 Å². The van der Waals surface area contributed by atoms with Crippen LogP contribution in [0, 0.1) is 11.7 Å². The number of hydrogen-bond acceptors (Lipinski definition) is 3. The van der Waals surface area contributed by atoms with Crippen LogP contribution in [0.4, 0.5) is 8.78 Å². The van der Waals surface area contributed by atoms with E-state index < -0.39 is 41.0 Å². The van der Waals surface area contributed by atoms with Crippen molar-refractivity contribution in [2.24, 2.45) is 5.92 Å². The van der Waals surface area contributed by atoms with E-state index in [9.17, 15) is 18.4 Å². The van der Waals surface area contributed by atoms with Crippen LogP contribution in [-0.2, 0) is 4.74 Å². The first-order valence-electron chi connectivity index (χ1n) is 6.75. The van der Waals surface area contributed by atoms with Crippen molar-refractivity contribution in [3.8, 4) is 0 Å². The highest BCUT2D eigenvalue weighted by Gasteiger charge is 2.52. The van der Waals surface area contributed by atoms with Crippen LogP contribution in [0.15, 0.2) is 15.8 Å². The molecule has 1 aromatic rings. The van der Waals surface area contributed by atoms with Crippen molar-refractivity contribution in [2.75, 3.05) is 5.88 Å². The summed E-state index contributed by atoms with van der Waals surface area (Å²) in [5.74, 6) is -1.38. The molecule has 118 valence electrons. The molecule has 0 amide bonds. The maximum atomic E-state index is 14.5. The average molecular weight is 323 g/mol. The summed E-state index contributed by atoms with van der Waals surface area (Å²) in [6, 6.07) is 0. The quantitative estimate of drug-likeness (QED) is 0.862. The zero-order valence-corrected chi connectivity index (χ0v) is 12.5.